The van der Waals surface area contributed by atoms with Crippen LogP contribution in [0.15, 0.2) is 18.2 Å². The van der Waals surface area contributed by atoms with Gasteiger partial charge in [0, 0.05) is 36.8 Å². The van der Waals surface area contributed by atoms with Crippen LogP contribution >= 0.6 is 11.6 Å². The van der Waals surface area contributed by atoms with E-state index in [-0.39, 0.29) is 10.6 Å². The highest BCUT2D eigenvalue weighted by Gasteiger charge is 2.45. The zero-order valence-electron chi connectivity index (χ0n) is 10.8. The van der Waals surface area contributed by atoms with Crippen molar-refractivity contribution in [2.24, 2.45) is 0 Å². The van der Waals surface area contributed by atoms with E-state index in [9.17, 15) is 13.2 Å². The molecule has 1 aromatic rings. The first kappa shape index (κ1) is 15.6. The van der Waals surface area contributed by atoms with E-state index in [0.29, 0.717) is 26.2 Å². The van der Waals surface area contributed by atoms with Crippen LogP contribution in [0.25, 0.3) is 0 Å². The molecule has 0 amide bonds. The Balaban J connectivity index is 2.42. The maximum Gasteiger partial charge on any atom is 0.290 e. The maximum absolute atomic E-state index is 14.1. The third-order valence-electron chi connectivity index (χ3n) is 3.38. The van der Waals surface area contributed by atoms with Crippen LogP contribution < -0.4 is 5.32 Å². The number of alkyl halides is 2. The fourth-order valence-electron chi connectivity index (χ4n) is 2.44. The third kappa shape index (κ3) is 3.25. The van der Waals surface area contributed by atoms with Crippen LogP contribution in [-0.2, 0) is 0 Å². The fraction of sp³-hybridized carbons (Fsp3) is 0.538. The van der Waals surface area contributed by atoms with Crippen LogP contribution in [0.5, 0.6) is 0 Å². The van der Waals surface area contributed by atoms with Crippen molar-refractivity contribution in [3.8, 4) is 0 Å². The molecule has 0 aliphatic carbocycles. The molecule has 7 heteroatoms. The standard InChI is InChI=1S/C13H16ClF3N2O/c14-9-1-2-11(15)10(7-9)12(13(16,17)8-20)19-5-3-18-4-6-19/h1-2,7,12,18,20H,3-6,8H2/t12-/m0/s1. The second-order valence-corrected chi connectivity index (χ2v) is 5.21. The summed E-state index contributed by atoms with van der Waals surface area (Å²) in [6, 6.07) is 2.06. The van der Waals surface area contributed by atoms with Gasteiger partial charge in [0.25, 0.3) is 5.92 Å². The predicted octanol–water partition coefficient (Wildman–Crippen LogP) is 2.05. The summed E-state index contributed by atoms with van der Waals surface area (Å²) in [6.07, 6.45) is 0. The summed E-state index contributed by atoms with van der Waals surface area (Å²) < 4.78 is 42.1. The van der Waals surface area contributed by atoms with Crippen LogP contribution in [0.1, 0.15) is 11.6 Å². The summed E-state index contributed by atoms with van der Waals surface area (Å²) >= 11 is 5.79. The third-order valence-corrected chi connectivity index (χ3v) is 3.62. The normalized spacial score (nSPS) is 19.1. The zero-order chi connectivity index (χ0) is 14.8. The molecule has 1 heterocycles. The van der Waals surface area contributed by atoms with Crippen molar-refractivity contribution in [2.45, 2.75) is 12.0 Å². The minimum Gasteiger partial charge on any atom is -0.390 e. The van der Waals surface area contributed by atoms with E-state index in [0.717, 1.165) is 6.07 Å². The number of hydrogen-bond donors (Lipinski definition) is 2. The number of aliphatic hydroxyl groups is 1. The van der Waals surface area contributed by atoms with Gasteiger partial charge in [-0.05, 0) is 18.2 Å². The van der Waals surface area contributed by atoms with Gasteiger partial charge in [0.2, 0.25) is 0 Å². The Hall–Kier alpha value is -0.820. The average molecular weight is 309 g/mol. The minimum absolute atomic E-state index is 0.182. The lowest BCUT2D eigenvalue weighted by atomic mass is 9.97. The van der Waals surface area contributed by atoms with Crippen molar-refractivity contribution in [3.63, 3.8) is 0 Å². The van der Waals surface area contributed by atoms with Crippen molar-refractivity contribution < 1.29 is 18.3 Å². The maximum atomic E-state index is 14.1. The molecule has 0 aromatic heterocycles. The number of rotatable bonds is 4. The monoisotopic (exact) mass is 308 g/mol. The van der Waals surface area contributed by atoms with Gasteiger partial charge in [0.05, 0.1) is 0 Å². The van der Waals surface area contributed by atoms with E-state index in [2.05, 4.69) is 5.32 Å². The van der Waals surface area contributed by atoms with Gasteiger partial charge in [-0.25, -0.2) is 13.2 Å². The summed E-state index contributed by atoms with van der Waals surface area (Å²) in [5.74, 6) is -4.19. The Labute approximate surface area is 120 Å². The largest absolute Gasteiger partial charge is 0.390 e. The van der Waals surface area contributed by atoms with Crippen molar-refractivity contribution >= 4 is 11.6 Å². The molecule has 1 saturated heterocycles. The number of piperazine rings is 1. The van der Waals surface area contributed by atoms with Crippen LogP contribution in [0.2, 0.25) is 5.02 Å². The number of benzene rings is 1. The first-order chi connectivity index (χ1) is 9.45. The fourth-order valence-corrected chi connectivity index (χ4v) is 2.62. The molecule has 2 N–H and O–H groups in total. The molecule has 112 valence electrons. The first-order valence-electron chi connectivity index (χ1n) is 6.34. The Morgan fingerprint density at radius 1 is 1.35 bits per heavy atom. The van der Waals surface area contributed by atoms with Crippen LogP contribution in [0.4, 0.5) is 13.2 Å². The topological polar surface area (TPSA) is 35.5 Å². The molecule has 1 fully saturated rings. The van der Waals surface area contributed by atoms with E-state index < -0.39 is 24.4 Å². The zero-order valence-corrected chi connectivity index (χ0v) is 11.5. The lowest BCUT2D eigenvalue weighted by molar-refractivity contribution is -0.119. The quantitative estimate of drug-likeness (QED) is 0.894. The van der Waals surface area contributed by atoms with Crippen molar-refractivity contribution in [3.05, 3.63) is 34.6 Å². The lowest BCUT2D eigenvalue weighted by Crippen LogP contribution is -2.51. The van der Waals surface area contributed by atoms with Gasteiger partial charge in [-0.15, -0.1) is 0 Å². The Morgan fingerprint density at radius 2 is 2.00 bits per heavy atom. The number of halogens is 4. The van der Waals surface area contributed by atoms with Crippen LogP contribution in [-0.4, -0.2) is 48.7 Å². The first-order valence-corrected chi connectivity index (χ1v) is 6.72. The van der Waals surface area contributed by atoms with Gasteiger partial charge in [-0.2, -0.15) is 0 Å². The molecule has 0 spiro atoms. The van der Waals surface area contributed by atoms with Gasteiger partial charge >= 0.3 is 0 Å². The van der Waals surface area contributed by atoms with E-state index in [1.54, 1.807) is 0 Å². The summed E-state index contributed by atoms with van der Waals surface area (Å²) in [7, 11) is 0. The van der Waals surface area contributed by atoms with E-state index in [1.165, 1.54) is 17.0 Å². The van der Waals surface area contributed by atoms with Crippen molar-refractivity contribution in [1.82, 2.24) is 10.2 Å². The SMILES string of the molecule is OCC(F)(F)[C@H](c1cc(Cl)ccc1F)N1CCNCC1. The highest BCUT2D eigenvalue weighted by Crippen LogP contribution is 2.38. The smallest absolute Gasteiger partial charge is 0.290 e. The minimum atomic E-state index is -3.44. The summed E-state index contributed by atoms with van der Waals surface area (Å²) in [5, 5.41) is 12.2. The summed E-state index contributed by atoms with van der Waals surface area (Å²) in [4.78, 5) is 1.47. The lowest BCUT2D eigenvalue weighted by Gasteiger charge is -2.38. The molecule has 1 aromatic carbocycles. The van der Waals surface area contributed by atoms with Crippen molar-refractivity contribution in [1.29, 1.82) is 0 Å². The predicted molar refractivity (Wildman–Crippen MR) is 70.6 cm³/mol. The number of nitrogens with one attached hydrogen (secondary N) is 1. The molecule has 1 aliphatic rings. The molecule has 0 saturated carbocycles. The molecule has 2 rings (SSSR count). The van der Waals surface area contributed by atoms with Crippen LogP contribution in [0, 0.1) is 5.82 Å². The van der Waals surface area contributed by atoms with Crippen molar-refractivity contribution in [2.75, 3.05) is 32.8 Å². The molecule has 0 radical (unpaired) electrons. The molecule has 1 aliphatic heterocycles. The number of nitrogens with zero attached hydrogens (tertiary/aromatic N) is 1. The van der Waals surface area contributed by atoms with Crippen LogP contribution in [0.3, 0.4) is 0 Å². The Bertz CT molecular complexity index is 467. The number of aliphatic hydroxyl groups excluding tert-OH is 1. The molecular weight excluding hydrogens is 293 g/mol. The highest BCUT2D eigenvalue weighted by molar-refractivity contribution is 6.30. The van der Waals surface area contributed by atoms with Gasteiger partial charge in [-0.1, -0.05) is 11.6 Å². The molecule has 0 bridgehead atoms. The van der Waals surface area contributed by atoms with Gasteiger partial charge < -0.3 is 10.4 Å². The van der Waals surface area contributed by atoms with E-state index in [1.807, 2.05) is 0 Å². The molecule has 3 nitrogen and oxygen atoms in total. The highest BCUT2D eigenvalue weighted by atomic mass is 35.5. The summed E-state index contributed by atoms with van der Waals surface area (Å²) in [6.45, 7) is 0.451. The molecule has 1 atom stereocenters. The molecule has 0 unspecified atom stereocenters. The Morgan fingerprint density at radius 3 is 2.60 bits per heavy atom. The van der Waals surface area contributed by atoms with Gasteiger partial charge in [-0.3, -0.25) is 4.90 Å². The molecular formula is C13H16ClF3N2O. The van der Waals surface area contributed by atoms with E-state index in [4.69, 9.17) is 16.7 Å². The Kier molecular flexibility index (Phi) is 4.90. The van der Waals surface area contributed by atoms with Gasteiger partial charge in [0.1, 0.15) is 18.5 Å². The number of hydrogen-bond acceptors (Lipinski definition) is 3. The average Bonchev–Trinajstić information content (AvgIpc) is 2.44. The second kappa shape index (κ2) is 6.30. The molecule has 20 heavy (non-hydrogen) atoms. The van der Waals surface area contributed by atoms with E-state index >= 15 is 0 Å². The second-order valence-electron chi connectivity index (χ2n) is 4.77. The van der Waals surface area contributed by atoms with Gasteiger partial charge in [0.15, 0.2) is 0 Å². The summed E-state index contributed by atoms with van der Waals surface area (Å²) in [5.41, 5.74) is -0.182.